The topological polar surface area (TPSA) is 50.5 Å². The molecule has 4 nitrogen and oxygen atoms in total. The van der Waals surface area contributed by atoms with E-state index in [0.717, 1.165) is 0 Å². The molecule has 6 heteroatoms. The van der Waals surface area contributed by atoms with Crippen molar-refractivity contribution in [3.8, 4) is 0 Å². The molecule has 0 radical (unpaired) electrons. The maximum Gasteiger partial charge on any atom is 0.251 e. The van der Waals surface area contributed by atoms with Crippen molar-refractivity contribution in [3.05, 3.63) is 10.3 Å². The molecule has 0 N–H and O–H groups in total. The van der Waals surface area contributed by atoms with Crippen LogP contribution in [0.25, 0.3) is 0 Å². The lowest BCUT2D eigenvalue weighted by atomic mass is 10.5. The van der Waals surface area contributed by atoms with E-state index in [9.17, 15) is 0 Å². The SMILES string of the molecule is CC=Nc1nc(Cl)c(N=CC)c(Cl)n1. The lowest BCUT2D eigenvalue weighted by Crippen LogP contribution is -1.85. The van der Waals surface area contributed by atoms with Crippen molar-refractivity contribution >= 4 is 47.3 Å². The minimum Gasteiger partial charge on any atom is -0.255 e. The summed E-state index contributed by atoms with van der Waals surface area (Å²) in [5.41, 5.74) is 0.367. The molecule has 1 aromatic rings. The molecule has 0 saturated carbocycles. The summed E-state index contributed by atoms with van der Waals surface area (Å²) in [7, 11) is 0. The third-order valence-corrected chi connectivity index (χ3v) is 1.82. The molecule has 0 aromatic carbocycles. The van der Waals surface area contributed by atoms with E-state index in [1.54, 1.807) is 26.3 Å². The number of nitrogens with zero attached hydrogens (tertiary/aromatic N) is 4. The predicted molar refractivity (Wildman–Crippen MR) is 59.7 cm³/mol. The highest BCUT2D eigenvalue weighted by atomic mass is 35.5. The molecule has 14 heavy (non-hydrogen) atoms. The molecule has 0 unspecified atom stereocenters. The Bertz CT molecular complexity index is 364. The van der Waals surface area contributed by atoms with Gasteiger partial charge in [0, 0.05) is 12.4 Å². The van der Waals surface area contributed by atoms with Gasteiger partial charge in [-0.05, 0) is 13.8 Å². The van der Waals surface area contributed by atoms with Crippen molar-refractivity contribution in [2.45, 2.75) is 13.8 Å². The van der Waals surface area contributed by atoms with E-state index in [1.165, 1.54) is 0 Å². The normalized spacial score (nSPS) is 11.7. The Morgan fingerprint density at radius 3 is 1.93 bits per heavy atom. The lowest BCUT2D eigenvalue weighted by molar-refractivity contribution is 1.13. The van der Waals surface area contributed by atoms with Gasteiger partial charge < -0.3 is 0 Å². The first-order valence-corrected chi connectivity index (χ1v) is 4.65. The van der Waals surface area contributed by atoms with Gasteiger partial charge in [-0.15, -0.1) is 0 Å². The third kappa shape index (κ3) is 2.49. The second-order valence-corrected chi connectivity index (χ2v) is 2.94. The van der Waals surface area contributed by atoms with Crippen molar-refractivity contribution < 1.29 is 0 Å². The fraction of sp³-hybridized carbons (Fsp3) is 0.250. The van der Waals surface area contributed by atoms with Crippen molar-refractivity contribution in [2.75, 3.05) is 0 Å². The van der Waals surface area contributed by atoms with Crippen LogP contribution in [0.3, 0.4) is 0 Å². The molecule has 0 bridgehead atoms. The Hall–Kier alpha value is -1.00. The second-order valence-electron chi connectivity index (χ2n) is 2.23. The van der Waals surface area contributed by atoms with Gasteiger partial charge >= 0.3 is 0 Å². The van der Waals surface area contributed by atoms with E-state index in [-0.39, 0.29) is 16.3 Å². The highest BCUT2D eigenvalue weighted by Crippen LogP contribution is 2.31. The average molecular weight is 231 g/mol. The van der Waals surface area contributed by atoms with Gasteiger partial charge in [0.25, 0.3) is 5.95 Å². The molecule has 0 amide bonds. The van der Waals surface area contributed by atoms with E-state index < -0.39 is 0 Å². The summed E-state index contributed by atoms with van der Waals surface area (Å²) < 4.78 is 0. The van der Waals surface area contributed by atoms with E-state index in [0.29, 0.717) is 5.69 Å². The molecule has 1 rings (SSSR count). The molecule has 1 heterocycles. The van der Waals surface area contributed by atoms with Crippen LogP contribution in [0.2, 0.25) is 10.3 Å². The van der Waals surface area contributed by atoms with Crippen LogP contribution >= 0.6 is 23.2 Å². The molecule has 0 spiro atoms. The van der Waals surface area contributed by atoms with Crippen LogP contribution in [0.5, 0.6) is 0 Å². The molecule has 0 aliphatic rings. The molecular formula is C8H8Cl2N4. The maximum atomic E-state index is 5.83. The van der Waals surface area contributed by atoms with Gasteiger partial charge in [0.15, 0.2) is 10.3 Å². The number of halogens is 2. The Kier molecular flexibility index (Phi) is 3.98. The van der Waals surface area contributed by atoms with Crippen molar-refractivity contribution in [1.29, 1.82) is 0 Å². The predicted octanol–water partition coefficient (Wildman–Crippen LogP) is 3.23. The fourth-order valence-electron chi connectivity index (χ4n) is 0.800. The first-order chi connectivity index (χ1) is 6.69. The van der Waals surface area contributed by atoms with Crippen LogP contribution in [-0.4, -0.2) is 22.4 Å². The standard InChI is InChI=1S/C8H8Cl2N4/c1-3-11-5-6(9)13-8(12-4-2)14-7(5)10/h3-4H,1-2H3. The number of aromatic nitrogens is 2. The Balaban J connectivity index is 3.24. The zero-order valence-corrected chi connectivity index (χ0v) is 9.21. The first-order valence-electron chi connectivity index (χ1n) is 3.89. The van der Waals surface area contributed by atoms with Crippen LogP contribution in [0.1, 0.15) is 13.8 Å². The van der Waals surface area contributed by atoms with Gasteiger partial charge in [-0.3, -0.25) is 4.99 Å². The fourth-order valence-corrected chi connectivity index (χ4v) is 1.28. The largest absolute Gasteiger partial charge is 0.255 e. The summed E-state index contributed by atoms with van der Waals surface area (Å²) in [6, 6.07) is 0. The molecular weight excluding hydrogens is 223 g/mol. The zero-order chi connectivity index (χ0) is 10.6. The molecule has 1 aromatic heterocycles. The summed E-state index contributed by atoms with van der Waals surface area (Å²) in [5.74, 6) is 0.234. The van der Waals surface area contributed by atoms with E-state index in [1.807, 2.05) is 0 Å². The number of hydrogen-bond acceptors (Lipinski definition) is 4. The maximum absolute atomic E-state index is 5.83. The summed E-state index contributed by atoms with van der Waals surface area (Å²) in [5, 5.41) is 0.396. The molecule has 74 valence electrons. The molecule has 0 saturated heterocycles. The van der Waals surface area contributed by atoms with Crippen LogP contribution < -0.4 is 0 Å². The van der Waals surface area contributed by atoms with Crippen molar-refractivity contribution in [3.63, 3.8) is 0 Å². The summed E-state index contributed by atoms with van der Waals surface area (Å²) in [6.45, 7) is 3.51. The van der Waals surface area contributed by atoms with Crippen LogP contribution in [0.4, 0.5) is 11.6 Å². The number of aliphatic imine (C=N–C) groups is 2. The van der Waals surface area contributed by atoms with E-state index in [4.69, 9.17) is 23.2 Å². The molecule has 0 fully saturated rings. The van der Waals surface area contributed by atoms with Crippen LogP contribution in [-0.2, 0) is 0 Å². The van der Waals surface area contributed by atoms with Gasteiger partial charge in [0.2, 0.25) is 0 Å². The Morgan fingerprint density at radius 2 is 1.50 bits per heavy atom. The van der Waals surface area contributed by atoms with Crippen LogP contribution in [0, 0.1) is 0 Å². The zero-order valence-electron chi connectivity index (χ0n) is 7.70. The van der Waals surface area contributed by atoms with E-state index >= 15 is 0 Å². The Morgan fingerprint density at radius 1 is 1.00 bits per heavy atom. The number of rotatable bonds is 2. The molecule has 0 aliphatic heterocycles. The highest BCUT2D eigenvalue weighted by Gasteiger charge is 2.08. The van der Waals surface area contributed by atoms with Crippen LogP contribution in [0.15, 0.2) is 9.98 Å². The summed E-state index contributed by atoms with van der Waals surface area (Å²) in [6.07, 6.45) is 3.13. The molecule has 0 aliphatic carbocycles. The summed E-state index contributed by atoms with van der Waals surface area (Å²) in [4.78, 5) is 15.6. The van der Waals surface area contributed by atoms with Gasteiger partial charge in [-0.1, -0.05) is 23.2 Å². The highest BCUT2D eigenvalue weighted by molar-refractivity contribution is 6.37. The van der Waals surface area contributed by atoms with E-state index in [2.05, 4.69) is 20.0 Å². The Labute approximate surface area is 91.7 Å². The second kappa shape index (κ2) is 5.02. The quantitative estimate of drug-likeness (QED) is 0.579. The molecule has 0 atom stereocenters. The third-order valence-electron chi connectivity index (χ3n) is 1.29. The summed E-state index contributed by atoms with van der Waals surface area (Å²) >= 11 is 11.7. The smallest absolute Gasteiger partial charge is 0.251 e. The van der Waals surface area contributed by atoms with Crippen molar-refractivity contribution in [2.24, 2.45) is 9.98 Å². The average Bonchev–Trinajstić information content (AvgIpc) is 2.12. The van der Waals surface area contributed by atoms with Gasteiger partial charge in [0.1, 0.15) is 5.69 Å². The van der Waals surface area contributed by atoms with Gasteiger partial charge in [-0.25, -0.2) is 4.99 Å². The number of hydrogen-bond donors (Lipinski definition) is 0. The monoisotopic (exact) mass is 230 g/mol. The van der Waals surface area contributed by atoms with Gasteiger partial charge in [-0.2, -0.15) is 9.97 Å². The minimum absolute atomic E-state index is 0.198. The lowest BCUT2D eigenvalue weighted by Gasteiger charge is -2.00. The van der Waals surface area contributed by atoms with Crippen molar-refractivity contribution in [1.82, 2.24) is 9.97 Å². The first kappa shape index (κ1) is 11.1. The van der Waals surface area contributed by atoms with Gasteiger partial charge in [0.05, 0.1) is 0 Å². The minimum atomic E-state index is 0.198.